The van der Waals surface area contributed by atoms with E-state index in [1.165, 1.54) is 12.8 Å². The maximum atomic E-state index is 12.4. The number of aliphatic hydroxyl groups is 1. The summed E-state index contributed by atoms with van der Waals surface area (Å²) in [6.07, 6.45) is 4.91. The third-order valence-electron chi connectivity index (χ3n) is 5.30. The van der Waals surface area contributed by atoms with Crippen molar-refractivity contribution in [1.82, 2.24) is 15.1 Å². The molecule has 1 heterocycles. The van der Waals surface area contributed by atoms with E-state index >= 15 is 0 Å². The van der Waals surface area contributed by atoms with Gasteiger partial charge in [0.25, 0.3) is 0 Å². The summed E-state index contributed by atoms with van der Waals surface area (Å²) < 4.78 is 0. The first kappa shape index (κ1) is 16.7. The molecule has 2 N–H and O–H groups in total. The normalized spacial score (nSPS) is 24.6. The van der Waals surface area contributed by atoms with Crippen molar-refractivity contribution in [2.45, 2.75) is 50.7 Å². The highest BCUT2D eigenvalue weighted by Crippen LogP contribution is 2.36. The van der Waals surface area contributed by atoms with Crippen molar-refractivity contribution in [2.75, 3.05) is 40.3 Å². The predicted molar refractivity (Wildman–Crippen MR) is 84.1 cm³/mol. The molecule has 0 bridgehead atoms. The fraction of sp³-hybridized carbons (Fsp3) is 0.938. The molecule has 0 aromatic heterocycles. The molecule has 1 amide bonds. The van der Waals surface area contributed by atoms with Crippen LogP contribution in [0, 0.1) is 5.92 Å². The van der Waals surface area contributed by atoms with Crippen LogP contribution in [0.25, 0.3) is 0 Å². The number of β-amino-alcohol motifs (C(OH)–C–C–N with tert-alkyl or cyclic N) is 1. The zero-order valence-corrected chi connectivity index (χ0v) is 13.8. The minimum atomic E-state index is -0.471. The number of likely N-dealkylation sites (N-methyl/N-ethyl adjacent to an activating group) is 1. The Morgan fingerprint density at radius 1 is 1.38 bits per heavy atom. The molecule has 122 valence electrons. The van der Waals surface area contributed by atoms with Gasteiger partial charge in [-0.2, -0.15) is 0 Å². The number of carbonyl (C=O) groups is 1. The number of hydrogen-bond acceptors (Lipinski definition) is 4. The lowest BCUT2D eigenvalue weighted by Gasteiger charge is -2.45. The molecule has 5 heteroatoms. The van der Waals surface area contributed by atoms with Gasteiger partial charge in [0, 0.05) is 13.1 Å². The van der Waals surface area contributed by atoms with Gasteiger partial charge in [-0.05, 0) is 65.2 Å². The number of amides is 1. The van der Waals surface area contributed by atoms with Gasteiger partial charge >= 0.3 is 0 Å². The highest BCUT2D eigenvalue weighted by Gasteiger charge is 2.45. The van der Waals surface area contributed by atoms with Crippen LogP contribution in [0.15, 0.2) is 0 Å². The molecule has 1 saturated carbocycles. The van der Waals surface area contributed by atoms with Crippen LogP contribution in [0.2, 0.25) is 0 Å². The van der Waals surface area contributed by atoms with Crippen LogP contribution in [0.4, 0.5) is 0 Å². The molecule has 1 aliphatic carbocycles. The smallest absolute Gasteiger partial charge is 0.240 e. The molecule has 0 radical (unpaired) electrons. The van der Waals surface area contributed by atoms with Gasteiger partial charge in [-0.15, -0.1) is 0 Å². The topological polar surface area (TPSA) is 55.8 Å². The second-order valence-electron chi connectivity index (χ2n) is 7.13. The second kappa shape index (κ2) is 7.07. The molecule has 0 aromatic rings. The van der Waals surface area contributed by atoms with Gasteiger partial charge < -0.3 is 15.3 Å². The Morgan fingerprint density at radius 3 is 2.48 bits per heavy atom. The van der Waals surface area contributed by atoms with Gasteiger partial charge in [-0.25, -0.2) is 0 Å². The first-order valence-electron chi connectivity index (χ1n) is 8.30. The summed E-state index contributed by atoms with van der Waals surface area (Å²) in [7, 11) is 3.92. The zero-order valence-electron chi connectivity index (χ0n) is 13.8. The van der Waals surface area contributed by atoms with Crippen molar-refractivity contribution >= 4 is 5.91 Å². The van der Waals surface area contributed by atoms with Crippen molar-refractivity contribution in [3.63, 3.8) is 0 Å². The monoisotopic (exact) mass is 297 g/mol. The Balaban J connectivity index is 1.71. The van der Waals surface area contributed by atoms with Gasteiger partial charge in [-0.1, -0.05) is 6.92 Å². The van der Waals surface area contributed by atoms with E-state index in [1.807, 2.05) is 19.0 Å². The largest absolute Gasteiger partial charge is 0.390 e. The maximum absolute atomic E-state index is 12.4. The third-order valence-corrected chi connectivity index (χ3v) is 5.30. The number of nitrogens with zero attached hydrogens (tertiary/aromatic N) is 2. The highest BCUT2D eigenvalue weighted by molar-refractivity contribution is 5.87. The number of likely N-dealkylation sites (tertiary alicyclic amines) is 1. The van der Waals surface area contributed by atoms with E-state index in [-0.39, 0.29) is 11.4 Å². The average Bonchev–Trinajstić information content (AvgIpc) is 2.37. The molecule has 5 nitrogen and oxygen atoms in total. The van der Waals surface area contributed by atoms with Gasteiger partial charge in [0.2, 0.25) is 5.91 Å². The Hall–Kier alpha value is -0.650. The molecule has 1 unspecified atom stereocenters. The first-order chi connectivity index (χ1) is 9.94. The van der Waals surface area contributed by atoms with Crippen LogP contribution in [-0.4, -0.2) is 72.7 Å². The van der Waals surface area contributed by atoms with Crippen LogP contribution in [0.3, 0.4) is 0 Å². The van der Waals surface area contributed by atoms with Crippen molar-refractivity contribution in [2.24, 2.45) is 5.92 Å². The van der Waals surface area contributed by atoms with Gasteiger partial charge in [0.15, 0.2) is 0 Å². The zero-order chi connectivity index (χ0) is 15.5. The Bertz CT molecular complexity index is 347. The third kappa shape index (κ3) is 3.96. The van der Waals surface area contributed by atoms with Crippen molar-refractivity contribution < 1.29 is 9.90 Å². The number of piperidine rings is 1. The quantitative estimate of drug-likeness (QED) is 0.757. The number of nitrogens with one attached hydrogen (secondary N) is 1. The van der Waals surface area contributed by atoms with Crippen LogP contribution in [0.5, 0.6) is 0 Å². The molecule has 2 fully saturated rings. The number of aliphatic hydroxyl groups excluding tert-OH is 1. The van der Waals surface area contributed by atoms with Crippen molar-refractivity contribution in [3.05, 3.63) is 0 Å². The molecule has 1 atom stereocenters. The Labute approximate surface area is 128 Å². The maximum Gasteiger partial charge on any atom is 0.240 e. The van der Waals surface area contributed by atoms with E-state index in [0.29, 0.717) is 13.1 Å². The Kier molecular flexibility index (Phi) is 5.63. The summed E-state index contributed by atoms with van der Waals surface area (Å²) >= 11 is 0. The van der Waals surface area contributed by atoms with Gasteiger partial charge in [0.05, 0.1) is 11.6 Å². The van der Waals surface area contributed by atoms with E-state index in [2.05, 4.69) is 17.1 Å². The number of hydrogen-bond donors (Lipinski definition) is 2. The lowest BCUT2D eigenvalue weighted by Crippen LogP contribution is -2.61. The predicted octanol–water partition coefficient (Wildman–Crippen LogP) is 0.680. The van der Waals surface area contributed by atoms with E-state index in [1.54, 1.807) is 0 Å². The summed E-state index contributed by atoms with van der Waals surface area (Å²) in [4.78, 5) is 16.7. The molecule has 1 saturated heterocycles. The molecule has 1 aliphatic heterocycles. The molecule has 2 aliphatic rings. The van der Waals surface area contributed by atoms with Crippen LogP contribution in [0.1, 0.15) is 39.0 Å². The fourth-order valence-electron chi connectivity index (χ4n) is 3.37. The molecule has 0 aromatic carbocycles. The minimum absolute atomic E-state index is 0.0741. The van der Waals surface area contributed by atoms with E-state index in [0.717, 1.165) is 38.3 Å². The van der Waals surface area contributed by atoms with Crippen LogP contribution in [-0.2, 0) is 4.79 Å². The van der Waals surface area contributed by atoms with Crippen molar-refractivity contribution in [1.29, 1.82) is 0 Å². The first-order valence-corrected chi connectivity index (χ1v) is 8.30. The fourth-order valence-corrected chi connectivity index (χ4v) is 3.37. The Morgan fingerprint density at radius 2 is 2.00 bits per heavy atom. The van der Waals surface area contributed by atoms with Gasteiger partial charge in [0.1, 0.15) is 0 Å². The average molecular weight is 297 g/mol. The van der Waals surface area contributed by atoms with Crippen LogP contribution >= 0.6 is 0 Å². The lowest BCUT2D eigenvalue weighted by molar-refractivity contribution is -0.137. The minimum Gasteiger partial charge on any atom is -0.390 e. The number of rotatable bonds is 6. The molecular weight excluding hydrogens is 266 g/mol. The van der Waals surface area contributed by atoms with Crippen LogP contribution < -0.4 is 5.32 Å². The lowest BCUT2D eigenvalue weighted by atomic mass is 9.75. The molecule has 21 heavy (non-hydrogen) atoms. The summed E-state index contributed by atoms with van der Waals surface area (Å²) in [6.45, 7) is 5.44. The van der Waals surface area contributed by atoms with Crippen molar-refractivity contribution in [3.8, 4) is 0 Å². The molecule has 0 spiro atoms. The van der Waals surface area contributed by atoms with E-state index in [4.69, 9.17) is 0 Å². The standard InChI is InChI=1S/C16H31N3O2/c1-13-5-9-19(10-6-13)12-14(20)11-17-15(21)16(18(2)3)7-4-8-16/h13-14,20H,4-12H2,1-3H3,(H,17,21). The summed E-state index contributed by atoms with van der Waals surface area (Å²) in [6, 6.07) is 0. The van der Waals surface area contributed by atoms with E-state index in [9.17, 15) is 9.90 Å². The summed E-state index contributed by atoms with van der Waals surface area (Å²) in [5, 5.41) is 13.1. The highest BCUT2D eigenvalue weighted by atomic mass is 16.3. The summed E-state index contributed by atoms with van der Waals surface area (Å²) in [5.41, 5.74) is -0.333. The molecule has 2 rings (SSSR count). The second-order valence-corrected chi connectivity index (χ2v) is 7.13. The number of carbonyl (C=O) groups excluding carboxylic acids is 1. The van der Waals surface area contributed by atoms with Gasteiger partial charge in [-0.3, -0.25) is 9.69 Å². The molecular formula is C16H31N3O2. The summed E-state index contributed by atoms with van der Waals surface area (Å²) in [5.74, 6) is 0.877. The van der Waals surface area contributed by atoms with E-state index < -0.39 is 6.10 Å². The SMILES string of the molecule is CC1CCN(CC(O)CNC(=O)C2(N(C)C)CCC2)CC1.